The first kappa shape index (κ1) is 14.6. The first-order valence-electron chi connectivity index (χ1n) is 6.11. The average Bonchev–Trinajstić information content (AvgIpc) is 2.92. The van der Waals surface area contributed by atoms with E-state index in [0.29, 0.717) is 12.1 Å². The van der Waals surface area contributed by atoms with Gasteiger partial charge in [0.25, 0.3) is 0 Å². The Bertz CT molecular complexity index is 653. The van der Waals surface area contributed by atoms with Crippen LogP contribution in [0.3, 0.4) is 0 Å². The van der Waals surface area contributed by atoms with Crippen LogP contribution in [-0.2, 0) is 16.6 Å². The Hall–Kier alpha value is -1.77. The van der Waals surface area contributed by atoms with E-state index in [1.54, 1.807) is 25.3 Å². The Morgan fingerprint density at radius 3 is 2.90 bits per heavy atom. The lowest BCUT2D eigenvalue weighted by Gasteiger charge is -2.09. The summed E-state index contributed by atoms with van der Waals surface area (Å²) in [6.45, 7) is 2.20. The molecule has 1 atom stereocenters. The standard InChI is InChI=1S/C12H16N4O3S/c1-10(17)11-3-2-4-12(9-11)20(18,19)14-6-8-16-7-5-13-15-16/h2-5,7,9-10,14,17H,6,8H2,1H3. The SMILES string of the molecule is CC(O)c1cccc(S(=O)(=O)NCCn2ccnn2)c1. The van der Waals surface area contributed by atoms with Gasteiger partial charge in [-0.3, -0.25) is 4.68 Å². The molecular formula is C12H16N4O3S. The van der Waals surface area contributed by atoms with Gasteiger partial charge in [0.1, 0.15) is 0 Å². The van der Waals surface area contributed by atoms with Gasteiger partial charge in [0.2, 0.25) is 10.0 Å². The predicted molar refractivity (Wildman–Crippen MR) is 72.3 cm³/mol. The molecule has 2 aromatic rings. The minimum atomic E-state index is -3.59. The maximum Gasteiger partial charge on any atom is 0.240 e. The smallest absolute Gasteiger partial charge is 0.240 e. The number of nitrogens with one attached hydrogen (secondary N) is 1. The molecule has 0 saturated carbocycles. The van der Waals surface area contributed by atoms with Crippen LogP contribution >= 0.6 is 0 Å². The first-order chi connectivity index (χ1) is 9.49. The van der Waals surface area contributed by atoms with E-state index in [0.717, 1.165) is 0 Å². The molecule has 7 nitrogen and oxygen atoms in total. The molecule has 1 aromatic heterocycles. The number of hydrogen-bond acceptors (Lipinski definition) is 5. The van der Waals surface area contributed by atoms with Crippen molar-refractivity contribution in [3.05, 3.63) is 42.2 Å². The summed E-state index contributed by atoms with van der Waals surface area (Å²) in [6, 6.07) is 6.24. The molecule has 0 amide bonds. The third-order valence-corrected chi connectivity index (χ3v) is 4.21. The molecule has 2 rings (SSSR count). The fourth-order valence-electron chi connectivity index (χ4n) is 1.67. The van der Waals surface area contributed by atoms with Gasteiger partial charge in [0.15, 0.2) is 0 Å². The minimum absolute atomic E-state index is 0.134. The number of sulfonamides is 1. The van der Waals surface area contributed by atoms with Crippen LogP contribution < -0.4 is 4.72 Å². The van der Waals surface area contributed by atoms with Crippen LogP contribution in [0.4, 0.5) is 0 Å². The lowest BCUT2D eigenvalue weighted by molar-refractivity contribution is 0.199. The van der Waals surface area contributed by atoms with Crippen LogP contribution in [0.1, 0.15) is 18.6 Å². The maximum absolute atomic E-state index is 12.1. The zero-order chi connectivity index (χ0) is 14.6. The molecule has 20 heavy (non-hydrogen) atoms. The Kier molecular flexibility index (Phi) is 4.48. The summed E-state index contributed by atoms with van der Waals surface area (Å²) in [5, 5.41) is 16.9. The Morgan fingerprint density at radius 2 is 2.25 bits per heavy atom. The highest BCUT2D eigenvalue weighted by molar-refractivity contribution is 7.89. The van der Waals surface area contributed by atoms with Gasteiger partial charge in [-0.15, -0.1) is 5.10 Å². The Morgan fingerprint density at radius 1 is 1.45 bits per heavy atom. The van der Waals surface area contributed by atoms with Crippen LogP contribution in [0.25, 0.3) is 0 Å². The van der Waals surface area contributed by atoms with E-state index in [2.05, 4.69) is 15.0 Å². The van der Waals surface area contributed by atoms with E-state index in [-0.39, 0.29) is 11.4 Å². The van der Waals surface area contributed by atoms with Crippen molar-refractivity contribution in [1.82, 2.24) is 19.7 Å². The number of aromatic nitrogens is 3. The molecule has 0 aliphatic heterocycles. The fourth-order valence-corrected chi connectivity index (χ4v) is 2.75. The predicted octanol–water partition coefficient (Wildman–Crippen LogP) is 0.310. The highest BCUT2D eigenvalue weighted by atomic mass is 32.2. The molecule has 0 saturated heterocycles. The number of nitrogens with zero attached hydrogens (tertiary/aromatic N) is 3. The van der Waals surface area contributed by atoms with E-state index in [1.165, 1.54) is 23.0 Å². The monoisotopic (exact) mass is 296 g/mol. The zero-order valence-electron chi connectivity index (χ0n) is 11.0. The Balaban J connectivity index is 2.04. The number of rotatable bonds is 6. The maximum atomic E-state index is 12.1. The zero-order valence-corrected chi connectivity index (χ0v) is 11.8. The van der Waals surface area contributed by atoms with E-state index < -0.39 is 16.1 Å². The quantitative estimate of drug-likeness (QED) is 0.799. The minimum Gasteiger partial charge on any atom is -0.389 e. The van der Waals surface area contributed by atoms with Crippen LogP contribution in [0.5, 0.6) is 0 Å². The summed E-state index contributed by atoms with van der Waals surface area (Å²) in [4.78, 5) is 0.134. The third kappa shape index (κ3) is 3.62. The molecular weight excluding hydrogens is 280 g/mol. The van der Waals surface area contributed by atoms with Crippen LogP contribution in [-0.4, -0.2) is 35.1 Å². The average molecular weight is 296 g/mol. The second-order valence-electron chi connectivity index (χ2n) is 4.31. The highest BCUT2D eigenvalue weighted by Gasteiger charge is 2.14. The van der Waals surface area contributed by atoms with Crippen molar-refractivity contribution in [3.63, 3.8) is 0 Å². The molecule has 0 aliphatic rings. The molecule has 1 heterocycles. The molecule has 0 spiro atoms. The largest absolute Gasteiger partial charge is 0.389 e. The van der Waals surface area contributed by atoms with Gasteiger partial charge >= 0.3 is 0 Å². The lowest BCUT2D eigenvalue weighted by Crippen LogP contribution is -2.27. The number of benzene rings is 1. The summed E-state index contributed by atoms with van der Waals surface area (Å²) in [6.07, 6.45) is 2.48. The van der Waals surface area contributed by atoms with Crippen molar-refractivity contribution in [2.45, 2.75) is 24.5 Å². The number of aliphatic hydroxyl groups is 1. The molecule has 8 heteroatoms. The van der Waals surface area contributed by atoms with Gasteiger partial charge in [0.05, 0.1) is 23.7 Å². The molecule has 0 aliphatic carbocycles. The molecule has 2 N–H and O–H groups in total. The van der Waals surface area contributed by atoms with E-state index >= 15 is 0 Å². The van der Waals surface area contributed by atoms with Crippen molar-refractivity contribution in [2.24, 2.45) is 0 Å². The van der Waals surface area contributed by atoms with E-state index in [1.807, 2.05) is 0 Å². The second kappa shape index (κ2) is 6.12. The summed E-state index contributed by atoms with van der Waals surface area (Å²) in [5.41, 5.74) is 0.559. The highest BCUT2D eigenvalue weighted by Crippen LogP contribution is 2.16. The molecule has 0 bridgehead atoms. The van der Waals surface area contributed by atoms with Crippen molar-refractivity contribution >= 4 is 10.0 Å². The van der Waals surface area contributed by atoms with Gasteiger partial charge in [-0.05, 0) is 24.6 Å². The number of hydrogen-bond donors (Lipinski definition) is 2. The Labute approximate surface area is 117 Å². The summed E-state index contributed by atoms with van der Waals surface area (Å²) >= 11 is 0. The summed E-state index contributed by atoms with van der Waals surface area (Å²) in [5.74, 6) is 0. The van der Waals surface area contributed by atoms with Crippen molar-refractivity contribution in [3.8, 4) is 0 Å². The van der Waals surface area contributed by atoms with E-state index in [4.69, 9.17) is 0 Å². The second-order valence-corrected chi connectivity index (χ2v) is 6.08. The fraction of sp³-hybridized carbons (Fsp3) is 0.333. The van der Waals surface area contributed by atoms with Gasteiger partial charge in [0, 0.05) is 12.7 Å². The van der Waals surface area contributed by atoms with E-state index in [9.17, 15) is 13.5 Å². The summed E-state index contributed by atoms with van der Waals surface area (Å²) in [7, 11) is -3.59. The van der Waals surface area contributed by atoms with Gasteiger partial charge in [-0.2, -0.15) is 0 Å². The molecule has 1 aromatic carbocycles. The van der Waals surface area contributed by atoms with Crippen molar-refractivity contribution in [1.29, 1.82) is 0 Å². The van der Waals surface area contributed by atoms with Crippen LogP contribution in [0, 0.1) is 0 Å². The lowest BCUT2D eigenvalue weighted by atomic mass is 10.1. The molecule has 0 fully saturated rings. The summed E-state index contributed by atoms with van der Waals surface area (Å²) < 4.78 is 28.2. The topological polar surface area (TPSA) is 97.1 Å². The van der Waals surface area contributed by atoms with Gasteiger partial charge in [-0.25, -0.2) is 13.1 Å². The molecule has 0 radical (unpaired) electrons. The number of aliphatic hydroxyl groups excluding tert-OH is 1. The first-order valence-corrected chi connectivity index (χ1v) is 7.59. The van der Waals surface area contributed by atoms with Crippen LogP contribution in [0.15, 0.2) is 41.6 Å². The van der Waals surface area contributed by atoms with Gasteiger partial charge in [-0.1, -0.05) is 17.3 Å². The van der Waals surface area contributed by atoms with Crippen molar-refractivity contribution in [2.75, 3.05) is 6.54 Å². The molecule has 1 unspecified atom stereocenters. The normalized spacial score (nSPS) is 13.3. The molecule has 108 valence electrons. The van der Waals surface area contributed by atoms with Crippen molar-refractivity contribution < 1.29 is 13.5 Å². The van der Waals surface area contributed by atoms with Crippen LogP contribution in [0.2, 0.25) is 0 Å². The van der Waals surface area contributed by atoms with Gasteiger partial charge < -0.3 is 5.11 Å². The third-order valence-electron chi connectivity index (χ3n) is 2.76.